The third-order valence-electron chi connectivity index (χ3n) is 4.63. The van der Waals surface area contributed by atoms with Crippen LogP contribution < -0.4 is 10.6 Å². The summed E-state index contributed by atoms with van der Waals surface area (Å²) in [5, 5.41) is 11.9. The van der Waals surface area contributed by atoms with Crippen LogP contribution >= 0.6 is 39.1 Å². The minimum absolute atomic E-state index is 0.125. The molecule has 0 aliphatic heterocycles. The Bertz CT molecular complexity index is 1230. The van der Waals surface area contributed by atoms with E-state index in [2.05, 4.69) is 31.7 Å². The Morgan fingerprint density at radius 1 is 1.06 bits per heavy atom. The highest BCUT2D eigenvalue weighted by atomic mass is 79.9. The highest BCUT2D eigenvalue weighted by molar-refractivity contribution is 9.10. The first kappa shape index (κ1) is 21.6. The number of halogens is 3. The summed E-state index contributed by atoms with van der Waals surface area (Å²) in [5.41, 5.74) is 2.87. The van der Waals surface area contributed by atoms with Crippen molar-refractivity contribution in [2.45, 2.75) is 6.42 Å². The van der Waals surface area contributed by atoms with Crippen LogP contribution in [-0.2, 0) is 0 Å². The van der Waals surface area contributed by atoms with Crippen LogP contribution in [0.4, 0.5) is 5.82 Å². The van der Waals surface area contributed by atoms with Crippen LogP contribution in [0.25, 0.3) is 16.9 Å². The number of carbonyl (C=O) groups is 1. The van der Waals surface area contributed by atoms with Crippen molar-refractivity contribution >= 4 is 56.5 Å². The number of aromatic nitrogens is 3. The van der Waals surface area contributed by atoms with Crippen molar-refractivity contribution in [2.75, 3.05) is 18.4 Å². The van der Waals surface area contributed by atoms with Crippen LogP contribution in [0.1, 0.15) is 16.8 Å². The Morgan fingerprint density at radius 3 is 2.61 bits per heavy atom. The molecule has 0 unspecified atom stereocenters. The molecule has 9 heteroatoms. The van der Waals surface area contributed by atoms with Gasteiger partial charge in [0.2, 0.25) is 0 Å². The lowest BCUT2D eigenvalue weighted by Gasteiger charge is -2.12. The van der Waals surface area contributed by atoms with Crippen molar-refractivity contribution in [3.8, 4) is 11.3 Å². The van der Waals surface area contributed by atoms with Gasteiger partial charge in [-0.1, -0.05) is 41.4 Å². The van der Waals surface area contributed by atoms with Crippen molar-refractivity contribution < 1.29 is 4.79 Å². The lowest BCUT2D eigenvalue weighted by Crippen LogP contribution is -2.25. The monoisotopic (exact) mass is 517 g/mol. The second-order valence-corrected chi connectivity index (χ2v) is 8.48. The minimum Gasteiger partial charge on any atom is -0.370 e. The van der Waals surface area contributed by atoms with Crippen molar-refractivity contribution in [1.29, 1.82) is 0 Å². The van der Waals surface area contributed by atoms with Crippen molar-refractivity contribution in [3.05, 3.63) is 80.9 Å². The van der Waals surface area contributed by atoms with E-state index in [4.69, 9.17) is 28.2 Å². The van der Waals surface area contributed by atoms with E-state index in [-0.39, 0.29) is 5.91 Å². The van der Waals surface area contributed by atoms with E-state index in [0.717, 1.165) is 28.0 Å². The third kappa shape index (κ3) is 5.01. The van der Waals surface area contributed by atoms with Gasteiger partial charge in [0, 0.05) is 40.3 Å². The fourth-order valence-corrected chi connectivity index (χ4v) is 3.79. The molecule has 2 heterocycles. The summed E-state index contributed by atoms with van der Waals surface area (Å²) in [6, 6.07) is 16.3. The van der Waals surface area contributed by atoms with Gasteiger partial charge in [-0.15, -0.1) is 0 Å². The average Bonchev–Trinajstić information content (AvgIpc) is 3.15. The molecule has 0 spiro atoms. The maximum absolute atomic E-state index is 12.2. The number of hydrogen-bond acceptors (Lipinski definition) is 4. The molecule has 4 aromatic rings. The molecule has 2 aromatic heterocycles. The van der Waals surface area contributed by atoms with Gasteiger partial charge in [-0.05, 0) is 52.7 Å². The zero-order chi connectivity index (χ0) is 21.8. The van der Waals surface area contributed by atoms with E-state index in [1.165, 1.54) is 0 Å². The predicted octanol–water partition coefficient (Wildman–Crippen LogP) is 5.70. The summed E-state index contributed by atoms with van der Waals surface area (Å²) in [4.78, 5) is 16.9. The molecule has 2 aromatic carbocycles. The van der Waals surface area contributed by atoms with Crippen LogP contribution in [0.3, 0.4) is 0 Å². The van der Waals surface area contributed by atoms with Gasteiger partial charge < -0.3 is 10.6 Å². The zero-order valence-electron chi connectivity index (χ0n) is 16.3. The van der Waals surface area contributed by atoms with Gasteiger partial charge >= 0.3 is 0 Å². The molecule has 0 radical (unpaired) electrons. The Kier molecular flexibility index (Phi) is 6.75. The summed E-state index contributed by atoms with van der Waals surface area (Å²) in [6.45, 7) is 1.17. The molecule has 6 nitrogen and oxygen atoms in total. The van der Waals surface area contributed by atoms with Gasteiger partial charge in [-0.3, -0.25) is 4.79 Å². The van der Waals surface area contributed by atoms with Gasteiger partial charge in [-0.25, -0.2) is 4.98 Å². The van der Waals surface area contributed by atoms with Crippen LogP contribution in [0.5, 0.6) is 0 Å². The highest BCUT2D eigenvalue weighted by Crippen LogP contribution is 2.30. The normalized spacial score (nSPS) is 10.9. The van der Waals surface area contributed by atoms with E-state index >= 15 is 0 Å². The molecule has 2 N–H and O–H groups in total. The molecule has 4 rings (SSSR count). The second-order valence-electron chi connectivity index (χ2n) is 6.78. The molecular weight excluding hydrogens is 501 g/mol. The first-order chi connectivity index (χ1) is 15.0. The molecule has 0 aliphatic rings. The van der Waals surface area contributed by atoms with Gasteiger partial charge in [0.05, 0.1) is 16.4 Å². The van der Waals surface area contributed by atoms with E-state index in [9.17, 15) is 4.79 Å². The summed E-state index contributed by atoms with van der Waals surface area (Å²) >= 11 is 15.7. The first-order valence-electron chi connectivity index (χ1n) is 9.60. The summed E-state index contributed by atoms with van der Waals surface area (Å²) in [6.07, 6.45) is 2.43. The number of fused-ring (bicyclic) bond motifs is 1. The summed E-state index contributed by atoms with van der Waals surface area (Å²) in [7, 11) is 0. The van der Waals surface area contributed by atoms with Crippen LogP contribution in [0.15, 0.2) is 65.3 Å². The minimum atomic E-state index is -0.125. The van der Waals surface area contributed by atoms with Gasteiger partial charge in [0.15, 0.2) is 5.65 Å². The van der Waals surface area contributed by atoms with Crippen LogP contribution in [0.2, 0.25) is 10.0 Å². The lowest BCUT2D eigenvalue weighted by molar-refractivity contribution is 0.0953. The van der Waals surface area contributed by atoms with Gasteiger partial charge in [0.25, 0.3) is 5.91 Å². The maximum atomic E-state index is 12.2. The zero-order valence-corrected chi connectivity index (χ0v) is 19.4. The molecule has 31 heavy (non-hydrogen) atoms. The quantitative estimate of drug-likeness (QED) is 0.308. The molecule has 0 saturated heterocycles. The number of carbonyl (C=O) groups excluding carboxylic acids is 1. The molecule has 0 aliphatic carbocycles. The fourth-order valence-electron chi connectivity index (χ4n) is 3.08. The number of rotatable bonds is 7. The SMILES string of the molecule is O=C(NCCCNc1cc(-c2ccccc2Cl)nc2c(Br)cnn12)c1ccc(Cl)cc1. The number of amides is 1. The Balaban J connectivity index is 1.43. The number of nitrogens with one attached hydrogen (secondary N) is 2. The van der Waals surface area contributed by atoms with Crippen molar-refractivity contribution in [2.24, 2.45) is 0 Å². The fraction of sp³-hybridized carbons (Fsp3) is 0.136. The van der Waals surface area contributed by atoms with Crippen molar-refractivity contribution in [3.63, 3.8) is 0 Å². The van der Waals surface area contributed by atoms with Crippen LogP contribution in [0, 0.1) is 0 Å². The summed E-state index contributed by atoms with van der Waals surface area (Å²) in [5.74, 6) is 0.662. The topological polar surface area (TPSA) is 71.3 Å². The second kappa shape index (κ2) is 9.68. The highest BCUT2D eigenvalue weighted by Gasteiger charge is 2.13. The number of anilines is 1. The van der Waals surface area contributed by atoms with Gasteiger partial charge in [-0.2, -0.15) is 9.61 Å². The molecule has 0 bridgehead atoms. The Labute approximate surface area is 197 Å². The van der Waals surface area contributed by atoms with Gasteiger partial charge in [0.1, 0.15) is 5.82 Å². The molecule has 1 amide bonds. The van der Waals surface area contributed by atoms with Crippen LogP contribution in [-0.4, -0.2) is 33.6 Å². The molecule has 0 atom stereocenters. The average molecular weight is 519 g/mol. The molecule has 0 saturated carbocycles. The number of hydrogen-bond donors (Lipinski definition) is 2. The third-order valence-corrected chi connectivity index (χ3v) is 5.77. The van der Waals surface area contributed by atoms with E-state index in [0.29, 0.717) is 34.3 Å². The van der Waals surface area contributed by atoms with Crippen molar-refractivity contribution in [1.82, 2.24) is 19.9 Å². The standard InChI is InChI=1S/C22H18BrCl2N5O/c23-17-13-28-30-20(12-19(29-21(17)30)16-4-1-2-5-18(16)25)26-10-3-11-27-22(31)14-6-8-15(24)9-7-14/h1-2,4-9,12-13,26H,3,10-11H2,(H,27,31). The molecule has 0 fully saturated rings. The number of benzene rings is 2. The van der Waals surface area contributed by atoms with E-state index in [1.54, 1.807) is 35.0 Å². The molecule has 158 valence electrons. The Morgan fingerprint density at radius 2 is 1.84 bits per heavy atom. The lowest BCUT2D eigenvalue weighted by atomic mass is 10.1. The Hall–Kier alpha value is -2.61. The first-order valence-corrected chi connectivity index (χ1v) is 11.1. The largest absolute Gasteiger partial charge is 0.370 e. The van der Waals surface area contributed by atoms with E-state index in [1.807, 2.05) is 30.3 Å². The van der Waals surface area contributed by atoms with E-state index < -0.39 is 0 Å². The molecular formula is C22H18BrCl2N5O. The maximum Gasteiger partial charge on any atom is 0.251 e. The predicted molar refractivity (Wildman–Crippen MR) is 128 cm³/mol. The number of nitrogens with zero attached hydrogens (tertiary/aromatic N) is 3. The summed E-state index contributed by atoms with van der Waals surface area (Å²) < 4.78 is 2.52. The smallest absolute Gasteiger partial charge is 0.251 e.